The third kappa shape index (κ3) is 4.00. The van der Waals surface area contributed by atoms with E-state index in [2.05, 4.69) is 11.7 Å². The number of hydrogen-bond acceptors (Lipinski definition) is 1. The number of halogens is 6. The van der Waals surface area contributed by atoms with Crippen molar-refractivity contribution >= 4 is 10.8 Å². The maximum absolute atomic E-state index is 14.4. The van der Waals surface area contributed by atoms with E-state index in [9.17, 15) is 26.3 Å². The van der Waals surface area contributed by atoms with E-state index in [4.69, 9.17) is 0 Å². The Kier molecular flexibility index (Phi) is 5.66. The molecular weight excluding hydrogens is 406 g/mol. The number of fused-ring (bicyclic) bond motifs is 2. The van der Waals surface area contributed by atoms with Crippen LogP contribution in [0, 0.1) is 35.2 Å². The quantitative estimate of drug-likeness (QED) is 0.356. The van der Waals surface area contributed by atoms with E-state index in [1.807, 2.05) is 0 Å². The van der Waals surface area contributed by atoms with Crippen LogP contribution in [0.15, 0.2) is 18.2 Å². The van der Waals surface area contributed by atoms with Crippen molar-refractivity contribution in [2.75, 3.05) is 0 Å². The molecule has 0 spiro atoms. The first-order valence-corrected chi connectivity index (χ1v) is 10.5. The second kappa shape index (κ2) is 7.97. The minimum Gasteiger partial charge on any atom is -0.402 e. The monoisotopic (exact) mass is 430 g/mol. The molecule has 2 aromatic carbocycles. The summed E-state index contributed by atoms with van der Waals surface area (Å²) in [5, 5.41) is -0.813. The van der Waals surface area contributed by atoms with Crippen LogP contribution >= 0.6 is 0 Å². The summed E-state index contributed by atoms with van der Waals surface area (Å²) in [5.41, 5.74) is 0.751. The van der Waals surface area contributed by atoms with Gasteiger partial charge in [0, 0.05) is 10.8 Å². The third-order valence-corrected chi connectivity index (χ3v) is 7.10. The van der Waals surface area contributed by atoms with Gasteiger partial charge in [0.25, 0.3) is 0 Å². The van der Waals surface area contributed by atoms with E-state index in [0.717, 1.165) is 37.2 Å². The van der Waals surface area contributed by atoms with Gasteiger partial charge < -0.3 is 4.74 Å². The molecule has 0 heterocycles. The van der Waals surface area contributed by atoms with E-state index in [0.29, 0.717) is 11.8 Å². The SMILES string of the molecule is CCC1CCC2CC(c3ccc4c(OC(F)(F)F)c(F)c(F)c(F)c4c3)CCC2C1. The third-order valence-electron chi connectivity index (χ3n) is 7.10. The van der Waals surface area contributed by atoms with Crippen LogP contribution in [0.25, 0.3) is 10.8 Å². The number of benzene rings is 2. The zero-order valence-electron chi connectivity index (χ0n) is 16.7. The molecule has 0 aliphatic heterocycles. The highest BCUT2D eigenvalue weighted by atomic mass is 19.4. The van der Waals surface area contributed by atoms with Gasteiger partial charge in [0.2, 0.25) is 5.82 Å². The van der Waals surface area contributed by atoms with Crippen LogP contribution < -0.4 is 4.74 Å². The van der Waals surface area contributed by atoms with E-state index in [1.54, 1.807) is 6.07 Å². The predicted molar refractivity (Wildman–Crippen MR) is 102 cm³/mol. The first kappa shape index (κ1) is 21.3. The standard InChI is InChI=1S/C23H24F6O/c1-2-12-3-4-14-10-15(6-5-13(14)9-12)16-7-8-17-18(11-16)19(24)20(25)21(26)22(17)30-23(27,28)29/h7-8,11-15H,2-6,9-10H2,1H3. The smallest absolute Gasteiger partial charge is 0.402 e. The first-order chi connectivity index (χ1) is 14.2. The van der Waals surface area contributed by atoms with Crippen LogP contribution in [-0.4, -0.2) is 6.36 Å². The number of ether oxygens (including phenoxy) is 1. The molecule has 0 saturated heterocycles. The van der Waals surface area contributed by atoms with E-state index in [1.165, 1.54) is 31.4 Å². The van der Waals surface area contributed by atoms with Crippen LogP contribution in [0.1, 0.15) is 63.4 Å². The molecule has 0 N–H and O–H groups in total. The van der Waals surface area contributed by atoms with Crippen LogP contribution in [-0.2, 0) is 0 Å². The van der Waals surface area contributed by atoms with Gasteiger partial charge in [-0.15, -0.1) is 13.2 Å². The Balaban J connectivity index is 1.66. The van der Waals surface area contributed by atoms with E-state index >= 15 is 0 Å². The number of alkyl halides is 3. The lowest BCUT2D eigenvalue weighted by molar-refractivity contribution is -0.275. The van der Waals surface area contributed by atoms with E-state index in [-0.39, 0.29) is 11.3 Å². The summed E-state index contributed by atoms with van der Waals surface area (Å²) in [6.45, 7) is 2.22. The van der Waals surface area contributed by atoms with Crippen LogP contribution in [0.2, 0.25) is 0 Å². The molecule has 4 unspecified atom stereocenters. The lowest BCUT2D eigenvalue weighted by Gasteiger charge is -2.42. The van der Waals surface area contributed by atoms with Crippen LogP contribution in [0.4, 0.5) is 26.3 Å². The summed E-state index contributed by atoms with van der Waals surface area (Å²) in [7, 11) is 0. The summed E-state index contributed by atoms with van der Waals surface area (Å²) in [4.78, 5) is 0. The molecule has 164 valence electrons. The molecule has 0 amide bonds. The lowest BCUT2D eigenvalue weighted by atomic mass is 9.63. The van der Waals surface area contributed by atoms with Gasteiger partial charge in [-0.05, 0) is 67.4 Å². The highest BCUT2D eigenvalue weighted by Crippen LogP contribution is 2.49. The second-order valence-electron chi connectivity index (χ2n) is 8.74. The summed E-state index contributed by atoms with van der Waals surface area (Å²) in [6, 6.07) is 4.15. The Morgan fingerprint density at radius 3 is 2.27 bits per heavy atom. The van der Waals surface area contributed by atoms with Gasteiger partial charge in [-0.3, -0.25) is 0 Å². The molecule has 2 aliphatic rings. The van der Waals surface area contributed by atoms with E-state index < -0.39 is 34.9 Å². The molecule has 2 aromatic rings. The fraction of sp³-hybridized carbons (Fsp3) is 0.565. The average molecular weight is 430 g/mol. The normalized spacial score (nSPS) is 27.2. The van der Waals surface area contributed by atoms with Crippen molar-refractivity contribution in [2.24, 2.45) is 17.8 Å². The molecule has 0 bridgehead atoms. The minimum atomic E-state index is -5.22. The molecule has 2 saturated carbocycles. The average Bonchev–Trinajstić information content (AvgIpc) is 2.73. The Hall–Kier alpha value is -1.92. The Bertz CT molecular complexity index is 938. The summed E-state index contributed by atoms with van der Waals surface area (Å²) in [5.74, 6) is -4.56. The van der Waals surface area contributed by atoms with Gasteiger partial charge in [-0.1, -0.05) is 31.9 Å². The number of rotatable bonds is 3. The molecule has 1 nitrogen and oxygen atoms in total. The molecule has 2 fully saturated rings. The molecule has 4 rings (SSSR count). The lowest BCUT2D eigenvalue weighted by Crippen LogP contribution is -2.30. The maximum atomic E-state index is 14.4. The highest BCUT2D eigenvalue weighted by Gasteiger charge is 2.37. The Morgan fingerprint density at radius 2 is 1.57 bits per heavy atom. The fourth-order valence-electron chi connectivity index (χ4n) is 5.50. The second-order valence-corrected chi connectivity index (χ2v) is 8.74. The van der Waals surface area contributed by atoms with Crippen molar-refractivity contribution in [3.63, 3.8) is 0 Å². The van der Waals surface area contributed by atoms with Crippen molar-refractivity contribution in [3.8, 4) is 5.75 Å². The summed E-state index contributed by atoms with van der Waals surface area (Å²) >= 11 is 0. The molecule has 0 radical (unpaired) electrons. The van der Waals surface area contributed by atoms with Crippen molar-refractivity contribution in [2.45, 2.75) is 64.1 Å². The molecule has 30 heavy (non-hydrogen) atoms. The predicted octanol–water partition coefficient (Wildman–Crippen LogP) is 7.87. The zero-order valence-corrected chi connectivity index (χ0v) is 16.7. The molecule has 0 aromatic heterocycles. The first-order valence-electron chi connectivity index (χ1n) is 10.5. The molecule has 4 atom stereocenters. The summed E-state index contributed by atoms with van der Waals surface area (Å²) in [6.07, 6.45) is 2.48. The fourth-order valence-corrected chi connectivity index (χ4v) is 5.50. The van der Waals surface area contributed by atoms with Crippen LogP contribution in [0.3, 0.4) is 0 Å². The topological polar surface area (TPSA) is 9.23 Å². The van der Waals surface area contributed by atoms with Crippen molar-refractivity contribution in [3.05, 3.63) is 41.2 Å². The van der Waals surface area contributed by atoms with Gasteiger partial charge in [0.15, 0.2) is 17.4 Å². The van der Waals surface area contributed by atoms with Gasteiger partial charge in [0.1, 0.15) is 0 Å². The summed E-state index contributed by atoms with van der Waals surface area (Å²) < 4.78 is 84.0. The van der Waals surface area contributed by atoms with Crippen LogP contribution in [0.5, 0.6) is 5.75 Å². The molecular formula is C23H24F6O. The van der Waals surface area contributed by atoms with Gasteiger partial charge in [-0.25, -0.2) is 8.78 Å². The van der Waals surface area contributed by atoms with Gasteiger partial charge in [-0.2, -0.15) is 4.39 Å². The van der Waals surface area contributed by atoms with Crippen molar-refractivity contribution in [1.29, 1.82) is 0 Å². The largest absolute Gasteiger partial charge is 0.573 e. The van der Waals surface area contributed by atoms with Gasteiger partial charge >= 0.3 is 6.36 Å². The van der Waals surface area contributed by atoms with Crippen molar-refractivity contribution in [1.82, 2.24) is 0 Å². The number of hydrogen-bond donors (Lipinski definition) is 0. The Morgan fingerprint density at radius 1 is 0.867 bits per heavy atom. The zero-order chi connectivity index (χ0) is 21.6. The maximum Gasteiger partial charge on any atom is 0.573 e. The molecule has 7 heteroatoms. The van der Waals surface area contributed by atoms with Crippen molar-refractivity contribution < 1.29 is 31.1 Å². The minimum absolute atomic E-state index is 0.133. The Labute approximate surface area is 171 Å². The highest BCUT2D eigenvalue weighted by molar-refractivity contribution is 5.90. The molecule has 2 aliphatic carbocycles. The van der Waals surface area contributed by atoms with Gasteiger partial charge in [0.05, 0.1) is 0 Å².